The molecule has 1 heterocycles. The molecule has 2 unspecified atom stereocenters. The minimum Gasteiger partial charge on any atom is -0.299 e. The van der Waals surface area contributed by atoms with Crippen molar-refractivity contribution in [2.24, 2.45) is 0 Å². The van der Waals surface area contributed by atoms with E-state index < -0.39 is 0 Å². The number of thioether (sulfide) groups is 1. The molecule has 1 aliphatic carbocycles. The Morgan fingerprint density at radius 3 is 3.29 bits per heavy atom. The van der Waals surface area contributed by atoms with E-state index in [4.69, 9.17) is 0 Å². The topological polar surface area (TPSA) is 48.7 Å². The largest absolute Gasteiger partial charge is 0.299 e. The molecule has 3 nitrogen and oxygen atoms in total. The lowest BCUT2D eigenvalue weighted by Crippen LogP contribution is -2.42. The SMILES string of the molecule is CCCNC1(C#N)CCC(Sc2nccs2)C1. The van der Waals surface area contributed by atoms with Crippen LogP contribution in [0.3, 0.4) is 0 Å². The predicted molar refractivity (Wildman–Crippen MR) is 72.2 cm³/mol. The predicted octanol–water partition coefficient (Wildman–Crippen LogP) is 3.05. The summed E-state index contributed by atoms with van der Waals surface area (Å²) in [6, 6.07) is 2.48. The Morgan fingerprint density at radius 1 is 1.76 bits per heavy atom. The first kappa shape index (κ1) is 12.9. The summed E-state index contributed by atoms with van der Waals surface area (Å²) in [5.41, 5.74) is -0.287. The molecule has 0 amide bonds. The maximum atomic E-state index is 9.35. The van der Waals surface area contributed by atoms with Gasteiger partial charge in [-0.1, -0.05) is 18.7 Å². The average Bonchev–Trinajstić information content (AvgIpc) is 2.98. The number of nitrogens with zero attached hydrogens (tertiary/aromatic N) is 2. The number of hydrogen-bond donors (Lipinski definition) is 1. The van der Waals surface area contributed by atoms with Gasteiger partial charge < -0.3 is 0 Å². The summed E-state index contributed by atoms with van der Waals surface area (Å²) in [6.45, 7) is 3.07. The molecule has 0 saturated heterocycles. The summed E-state index contributed by atoms with van der Waals surface area (Å²) in [7, 11) is 0. The van der Waals surface area contributed by atoms with Crippen molar-refractivity contribution < 1.29 is 0 Å². The summed E-state index contributed by atoms with van der Waals surface area (Å²) in [6.07, 6.45) is 5.93. The van der Waals surface area contributed by atoms with Crippen LogP contribution in [0, 0.1) is 11.3 Å². The molecule has 2 rings (SSSR count). The number of thiazole rings is 1. The Hall–Kier alpha value is -0.570. The third kappa shape index (κ3) is 3.21. The molecular formula is C12H17N3S2. The molecule has 1 aromatic heterocycles. The van der Waals surface area contributed by atoms with E-state index in [1.165, 1.54) is 0 Å². The second-order valence-corrected chi connectivity index (χ2v) is 6.84. The van der Waals surface area contributed by atoms with E-state index in [1.807, 2.05) is 23.3 Å². The highest BCUT2D eigenvalue weighted by molar-refractivity contribution is 8.01. The summed E-state index contributed by atoms with van der Waals surface area (Å²) in [5, 5.41) is 15.3. The third-order valence-electron chi connectivity index (χ3n) is 3.07. The number of rotatable bonds is 5. The fraction of sp³-hybridized carbons (Fsp3) is 0.667. The van der Waals surface area contributed by atoms with E-state index in [9.17, 15) is 5.26 Å². The van der Waals surface area contributed by atoms with Crippen molar-refractivity contribution >= 4 is 23.1 Å². The lowest BCUT2D eigenvalue weighted by molar-refractivity contribution is 0.424. The molecule has 17 heavy (non-hydrogen) atoms. The van der Waals surface area contributed by atoms with E-state index in [2.05, 4.69) is 23.3 Å². The molecule has 1 fully saturated rings. The van der Waals surface area contributed by atoms with Crippen LogP contribution < -0.4 is 5.32 Å². The zero-order valence-electron chi connectivity index (χ0n) is 9.98. The van der Waals surface area contributed by atoms with Gasteiger partial charge >= 0.3 is 0 Å². The van der Waals surface area contributed by atoms with E-state index in [0.717, 1.165) is 36.6 Å². The van der Waals surface area contributed by atoms with Gasteiger partial charge in [0.05, 0.1) is 6.07 Å². The molecule has 0 aliphatic heterocycles. The number of nitriles is 1. The third-order valence-corrected chi connectivity index (χ3v) is 5.26. The second-order valence-electron chi connectivity index (χ2n) is 4.40. The molecule has 0 bridgehead atoms. The van der Waals surface area contributed by atoms with E-state index in [0.29, 0.717) is 5.25 Å². The first-order chi connectivity index (χ1) is 8.28. The minimum atomic E-state index is -0.287. The van der Waals surface area contributed by atoms with Crippen molar-refractivity contribution in [1.82, 2.24) is 10.3 Å². The smallest absolute Gasteiger partial charge is 0.150 e. The summed E-state index contributed by atoms with van der Waals surface area (Å²) >= 11 is 3.51. The van der Waals surface area contributed by atoms with Gasteiger partial charge in [0, 0.05) is 16.8 Å². The highest BCUT2D eigenvalue weighted by atomic mass is 32.2. The molecule has 1 aliphatic rings. The van der Waals surface area contributed by atoms with Crippen molar-refractivity contribution in [2.45, 2.75) is 47.7 Å². The van der Waals surface area contributed by atoms with Crippen molar-refractivity contribution in [3.8, 4) is 6.07 Å². The van der Waals surface area contributed by atoms with Gasteiger partial charge in [-0.25, -0.2) is 4.98 Å². The number of hydrogen-bond acceptors (Lipinski definition) is 5. The zero-order chi connectivity index (χ0) is 12.1. The Labute approximate surface area is 111 Å². The van der Waals surface area contributed by atoms with Crippen molar-refractivity contribution in [3.63, 3.8) is 0 Å². The molecule has 0 spiro atoms. The van der Waals surface area contributed by atoms with Gasteiger partial charge in [0.2, 0.25) is 0 Å². The van der Waals surface area contributed by atoms with Gasteiger partial charge in [0.1, 0.15) is 9.88 Å². The molecule has 1 N–H and O–H groups in total. The van der Waals surface area contributed by atoms with E-state index in [1.54, 1.807) is 11.3 Å². The highest BCUT2D eigenvalue weighted by Crippen LogP contribution is 2.40. The van der Waals surface area contributed by atoms with Crippen LogP contribution in [0.2, 0.25) is 0 Å². The van der Waals surface area contributed by atoms with Crippen LogP contribution in [-0.2, 0) is 0 Å². The minimum absolute atomic E-state index is 0.287. The van der Waals surface area contributed by atoms with Gasteiger partial charge in [-0.05, 0) is 32.2 Å². The Balaban J connectivity index is 1.91. The summed E-state index contributed by atoms with van der Waals surface area (Å²) < 4.78 is 1.12. The standard InChI is InChI=1S/C12H17N3S2/c1-2-5-15-12(9-13)4-3-10(8-12)17-11-14-6-7-16-11/h6-7,10,15H,2-5,8H2,1H3. The van der Waals surface area contributed by atoms with Crippen LogP contribution in [0.25, 0.3) is 0 Å². The molecule has 5 heteroatoms. The van der Waals surface area contributed by atoms with Crippen LogP contribution >= 0.6 is 23.1 Å². The molecular weight excluding hydrogens is 250 g/mol. The Bertz CT molecular complexity index is 385. The summed E-state index contributed by atoms with van der Waals surface area (Å²) in [4.78, 5) is 4.29. The fourth-order valence-electron chi connectivity index (χ4n) is 2.18. The van der Waals surface area contributed by atoms with Gasteiger partial charge in [-0.3, -0.25) is 5.32 Å². The van der Waals surface area contributed by atoms with Crippen LogP contribution in [0.15, 0.2) is 15.9 Å². The van der Waals surface area contributed by atoms with Crippen molar-refractivity contribution in [3.05, 3.63) is 11.6 Å². The fourth-order valence-corrected chi connectivity index (χ4v) is 4.35. The van der Waals surface area contributed by atoms with Crippen molar-refractivity contribution in [1.29, 1.82) is 5.26 Å². The molecule has 2 atom stereocenters. The second kappa shape index (κ2) is 5.85. The lowest BCUT2D eigenvalue weighted by Gasteiger charge is -2.22. The first-order valence-corrected chi connectivity index (χ1v) is 7.76. The number of aromatic nitrogens is 1. The molecule has 1 saturated carbocycles. The molecule has 1 aromatic rings. The quantitative estimate of drug-likeness (QED) is 0.891. The van der Waals surface area contributed by atoms with Crippen LogP contribution in [0.5, 0.6) is 0 Å². The number of nitrogens with one attached hydrogen (secondary N) is 1. The zero-order valence-corrected chi connectivity index (χ0v) is 11.6. The van der Waals surface area contributed by atoms with Crippen LogP contribution in [0.1, 0.15) is 32.6 Å². The van der Waals surface area contributed by atoms with E-state index >= 15 is 0 Å². The van der Waals surface area contributed by atoms with Crippen molar-refractivity contribution in [2.75, 3.05) is 6.54 Å². The van der Waals surface area contributed by atoms with E-state index in [-0.39, 0.29) is 5.54 Å². The highest BCUT2D eigenvalue weighted by Gasteiger charge is 2.39. The van der Waals surface area contributed by atoms with Gasteiger partial charge in [0.25, 0.3) is 0 Å². The Morgan fingerprint density at radius 2 is 2.65 bits per heavy atom. The van der Waals surface area contributed by atoms with Gasteiger partial charge in [-0.2, -0.15) is 5.26 Å². The lowest BCUT2D eigenvalue weighted by atomic mass is 10.00. The van der Waals surface area contributed by atoms with Gasteiger partial charge in [-0.15, -0.1) is 11.3 Å². The molecule has 0 aromatic carbocycles. The normalized spacial score (nSPS) is 28.1. The van der Waals surface area contributed by atoms with Gasteiger partial charge in [0.15, 0.2) is 0 Å². The first-order valence-electron chi connectivity index (χ1n) is 6.00. The van der Waals surface area contributed by atoms with Crippen LogP contribution in [-0.4, -0.2) is 22.3 Å². The average molecular weight is 267 g/mol. The molecule has 92 valence electrons. The van der Waals surface area contributed by atoms with Crippen LogP contribution in [0.4, 0.5) is 0 Å². The Kier molecular flexibility index (Phi) is 4.43. The molecule has 0 radical (unpaired) electrons. The maximum absolute atomic E-state index is 9.35. The maximum Gasteiger partial charge on any atom is 0.150 e. The monoisotopic (exact) mass is 267 g/mol. The summed E-state index contributed by atoms with van der Waals surface area (Å²) in [5.74, 6) is 0.